The lowest BCUT2D eigenvalue weighted by Crippen LogP contribution is -2.14. The quantitative estimate of drug-likeness (QED) is 0.916. The lowest BCUT2D eigenvalue weighted by Gasteiger charge is -2.09. The lowest BCUT2D eigenvalue weighted by molar-refractivity contribution is 0.594. The Morgan fingerprint density at radius 3 is 2.62 bits per heavy atom. The molecule has 0 amide bonds. The van der Waals surface area contributed by atoms with Crippen LogP contribution in [0, 0.1) is 12.7 Å². The molecule has 9 heteroatoms. The summed E-state index contributed by atoms with van der Waals surface area (Å²) >= 11 is 6.75. The molecule has 0 unspecified atom stereocenters. The molecule has 0 saturated heterocycles. The third kappa shape index (κ3) is 3.50. The van der Waals surface area contributed by atoms with Gasteiger partial charge in [-0.05, 0) is 24.6 Å². The van der Waals surface area contributed by atoms with Crippen LogP contribution in [-0.2, 0) is 10.0 Å². The SMILES string of the molecule is Cc1c(Cl)cc(F)cc1S(=O)(=O)Nc1nc(C(C)C)ns1. The number of anilines is 1. The van der Waals surface area contributed by atoms with E-state index < -0.39 is 15.8 Å². The third-order valence-corrected chi connectivity index (χ3v) is 5.36. The molecule has 0 aliphatic carbocycles. The second kappa shape index (κ2) is 5.86. The van der Waals surface area contributed by atoms with Gasteiger partial charge in [0.05, 0.1) is 4.90 Å². The van der Waals surface area contributed by atoms with Crippen LogP contribution in [0.2, 0.25) is 5.02 Å². The van der Waals surface area contributed by atoms with E-state index in [2.05, 4.69) is 14.1 Å². The number of nitrogens with one attached hydrogen (secondary N) is 1. The van der Waals surface area contributed by atoms with E-state index in [1.54, 1.807) is 0 Å². The van der Waals surface area contributed by atoms with Crippen LogP contribution in [0.25, 0.3) is 0 Å². The maximum Gasteiger partial charge on any atom is 0.264 e. The Hall–Kier alpha value is -1.25. The largest absolute Gasteiger partial charge is 0.264 e. The third-order valence-electron chi connectivity index (χ3n) is 2.73. The van der Waals surface area contributed by atoms with Crippen molar-refractivity contribution in [3.8, 4) is 0 Å². The van der Waals surface area contributed by atoms with Gasteiger partial charge in [0.15, 0.2) is 0 Å². The van der Waals surface area contributed by atoms with Crippen molar-refractivity contribution in [2.45, 2.75) is 31.6 Å². The predicted molar refractivity (Wildman–Crippen MR) is 81.0 cm³/mol. The molecule has 0 fully saturated rings. The fraction of sp³-hybridized carbons (Fsp3) is 0.333. The molecule has 1 aromatic carbocycles. The van der Waals surface area contributed by atoms with Crippen molar-refractivity contribution >= 4 is 38.3 Å². The van der Waals surface area contributed by atoms with Crippen molar-refractivity contribution in [3.63, 3.8) is 0 Å². The van der Waals surface area contributed by atoms with Crippen molar-refractivity contribution < 1.29 is 12.8 Å². The summed E-state index contributed by atoms with van der Waals surface area (Å²) in [7, 11) is -3.97. The second-order valence-electron chi connectivity index (χ2n) is 4.73. The molecule has 114 valence electrons. The number of rotatable bonds is 4. The number of nitrogens with zero attached hydrogens (tertiary/aromatic N) is 2. The second-order valence-corrected chi connectivity index (χ2v) is 7.54. The monoisotopic (exact) mass is 349 g/mol. The van der Waals surface area contributed by atoms with Gasteiger partial charge < -0.3 is 0 Å². The van der Waals surface area contributed by atoms with Gasteiger partial charge in [0.25, 0.3) is 10.0 Å². The minimum atomic E-state index is -3.97. The number of aromatic nitrogens is 2. The highest BCUT2D eigenvalue weighted by Crippen LogP contribution is 2.27. The highest BCUT2D eigenvalue weighted by molar-refractivity contribution is 7.93. The maximum atomic E-state index is 13.4. The molecule has 2 aromatic rings. The summed E-state index contributed by atoms with van der Waals surface area (Å²) < 4.78 is 44.4. The smallest absolute Gasteiger partial charge is 0.253 e. The number of sulfonamides is 1. The number of hydrogen-bond acceptors (Lipinski definition) is 5. The lowest BCUT2D eigenvalue weighted by atomic mass is 10.2. The molecule has 1 N–H and O–H groups in total. The van der Waals surface area contributed by atoms with Crippen LogP contribution >= 0.6 is 23.1 Å². The fourth-order valence-electron chi connectivity index (χ4n) is 1.58. The zero-order valence-electron chi connectivity index (χ0n) is 11.5. The molecule has 0 saturated carbocycles. The molecule has 0 aliphatic rings. The summed E-state index contributed by atoms with van der Waals surface area (Å²) in [5.41, 5.74) is 0.277. The maximum absolute atomic E-state index is 13.4. The van der Waals surface area contributed by atoms with E-state index in [1.807, 2.05) is 13.8 Å². The molecule has 1 aromatic heterocycles. The number of benzene rings is 1. The first-order valence-corrected chi connectivity index (χ1v) is 8.66. The van der Waals surface area contributed by atoms with Crippen molar-refractivity contribution in [3.05, 3.63) is 34.4 Å². The Kier molecular flexibility index (Phi) is 4.50. The van der Waals surface area contributed by atoms with Crippen molar-refractivity contribution in [1.29, 1.82) is 0 Å². The average Bonchev–Trinajstić information content (AvgIpc) is 2.81. The van der Waals surface area contributed by atoms with Gasteiger partial charge in [0, 0.05) is 22.5 Å². The van der Waals surface area contributed by atoms with E-state index in [0.29, 0.717) is 5.82 Å². The van der Waals surface area contributed by atoms with Crippen LogP contribution < -0.4 is 4.72 Å². The minimum absolute atomic E-state index is 0.0514. The molecule has 2 rings (SSSR count). The van der Waals surface area contributed by atoms with Gasteiger partial charge in [-0.2, -0.15) is 4.37 Å². The first-order valence-electron chi connectivity index (χ1n) is 6.03. The Labute approximate surface area is 131 Å². The van der Waals surface area contributed by atoms with Gasteiger partial charge in [-0.15, -0.1) is 0 Å². The summed E-state index contributed by atoms with van der Waals surface area (Å²) in [5, 5.41) is 0.189. The zero-order chi connectivity index (χ0) is 15.8. The first-order chi connectivity index (χ1) is 9.70. The first kappa shape index (κ1) is 16.1. The van der Waals surface area contributed by atoms with Gasteiger partial charge in [-0.25, -0.2) is 17.8 Å². The topological polar surface area (TPSA) is 72.0 Å². The van der Waals surface area contributed by atoms with Gasteiger partial charge in [0.1, 0.15) is 11.6 Å². The van der Waals surface area contributed by atoms with Crippen molar-refractivity contribution in [2.75, 3.05) is 4.72 Å². The highest BCUT2D eigenvalue weighted by atomic mass is 35.5. The van der Waals surface area contributed by atoms with Crippen LogP contribution in [0.3, 0.4) is 0 Å². The summed E-state index contributed by atoms with van der Waals surface area (Å²) in [4.78, 5) is 3.87. The van der Waals surface area contributed by atoms with Crippen molar-refractivity contribution in [1.82, 2.24) is 9.36 Å². The molecule has 0 atom stereocenters. The van der Waals surface area contributed by atoms with Crippen LogP contribution in [-0.4, -0.2) is 17.8 Å². The molecule has 1 heterocycles. The van der Waals surface area contributed by atoms with E-state index in [0.717, 1.165) is 23.7 Å². The van der Waals surface area contributed by atoms with E-state index >= 15 is 0 Å². The number of halogens is 2. The Morgan fingerprint density at radius 1 is 1.38 bits per heavy atom. The molecule has 0 radical (unpaired) electrons. The normalized spacial score (nSPS) is 11.9. The molecule has 5 nitrogen and oxygen atoms in total. The molecule has 0 aliphatic heterocycles. The Bertz CT molecular complexity index is 775. The van der Waals surface area contributed by atoms with E-state index in [1.165, 1.54) is 6.92 Å². The van der Waals surface area contributed by atoms with E-state index in [9.17, 15) is 12.8 Å². The predicted octanol–water partition coefficient (Wildman–Crippen LogP) is 3.56. The zero-order valence-corrected chi connectivity index (χ0v) is 13.9. The average molecular weight is 350 g/mol. The van der Waals surface area contributed by atoms with E-state index in [4.69, 9.17) is 11.6 Å². The van der Waals surface area contributed by atoms with Crippen LogP contribution in [0.1, 0.15) is 31.2 Å². The molecule has 0 spiro atoms. The summed E-state index contributed by atoms with van der Waals surface area (Å²) in [6.45, 7) is 5.31. The van der Waals surface area contributed by atoms with Gasteiger partial charge in [0.2, 0.25) is 5.13 Å². The Morgan fingerprint density at radius 2 is 2.05 bits per heavy atom. The molecule has 21 heavy (non-hydrogen) atoms. The van der Waals surface area contributed by atoms with Crippen LogP contribution in [0.15, 0.2) is 17.0 Å². The molecular weight excluding hydrogens is 337 g/mol. The van der Waals surface area contributed by atoms with Gasteiger partial charge in [-0.3, -0.25) is 4.72 Å². The molecular formula is C12H13ClFN3O2S2. The van der Waals surface area contributed by atoms with Crippen LogP contribution in [0.5, 0.6) is 0 Å². The van der Waals surface area contributed by atoms with Crippen LogP contribution in [0.4, 0.5) is 9.52 Å². The van der Waals surface area contributed by atoms with E-state index in [-0.39, 0.29) is 26.5 Å². The molecule has 0 bridgehead atoms. The van der Waals surface area contributed by atoms with Gasteiger partial charge in [-0.1, -0.05) is 25.4 Å². The fourth-order valence-corrected chi connectivity index (χ4v) is 4.05. The summed E-state index contributed by atoms with van der Waals surface area (Å²) in [6.07, 6.45) is 0. The summed E-state index contributed by atoms with van der Waals surface area (Å²) in [5.74, 6) is -0.0809. The summed E-state index contributed by atoms with van der Waals surface area (Å²) in [6, 6.07) is 1.99. The minimum Gasteiger partial charge on any atom is -0.253 e. The van der Waals surface area contributed by atoms with Gasteiger partial charge >= 0.3 is 0 Å². The Balaban J connectivity index is 2.38. The van der Waals surface area contributed by atoms with Crippen molar-refractivity contribution in [2.24, 2.45) is 0 Å². The standard InChI is InChI=1S/C12H13ClFN3O2S2/c1-6(2)11-15-12(20-16-11)17-21(18,19)10-5-8(14)4-9(13)7(10)3/h4-6H,1-3H3,(H,15,16,17). The highest BCUT2D eigenvalue weighted by Gasteiger charge is 2.22. The number of hydrogen-bond donors (Lipinski definition) is 1.